The maximum absolute atomic E-state index is 11.0. The van der Waals surface area contributed by atoms with Gasteiger partial charge in [-0.25, -0.2) is 4.79 Å². The molecule has 0 saturated heterocycles. The number of ether oxygens (including phenoxy) is 2. The Kier molecular flexibility index (Phi) is 3.98. The first-order valence-corrected chi connectivity index (χ1v) is 6.64. The van der Waals surface area contributed by atoms with Crippen LogP contribution in [-0.2, 0) is 0 Å². The van der Waals surface area contributed by atoms with Gasteiger partial charge in [0.1, 0.15) is 5.60 Å². The van der Waals surface area contributed by atoms with Crippen molar-refractivity contribution in [1.82, 2.24) is 0 Å². The summed E-state index contributed by atoms with van der Waals surface area (Å²) in [5, 5.41) is 9.05. The summed E-state index contributed by atoms with van der Waals surface area (Å²) < 4.78 is 11.3. The number of carboxylic acid groups (broad SMARTS) is 1. The molecule has 1 saturated carbocycles. The van der Waals surface area contributed by atoms with Crippen LogP contribution in [0.2, 0.25) is 0 Å². The largest absolute Gasteiger partial charge is 0.493 e. The lowest BCUT2D eigenvalue weighted by Crippen LogP contribution is -2.34. The molecule has 0 aromatic heterocycles. The molecule has 1 fully saturated rings. The van der Waals surface area contributed by atoms with Crippen LogP contribution >= 0.6 is 0 Å². The first kappa shape index (κ1) is 13.7. The average molecular weight is 264 g/mol. The van der Waals surface area contributed by atoms with Gasteiger partial charge >= 0.3 is 5.97 Å². The van der Waals surface area contributed by atoms with Crippen LogP contribution in [0.4, 0.5) is 0 Å². The third kappa shape index (κ3) is 3.19. The second-order valence-electron chi connectivity index (χ2n) is 5.28. The SMILES string of the molecule is COc1ccc(C(=O)O)cc1OC1(C)CCCCC1. The molecular weight excluding hydrogens is 244 g/mol. The van der Waals surface area contributed by atoms with Gasteiger partial charge in [0.05, 0.1) is 12.7 Å². The van der Waals surface area contributed by atoms with Crippen molar-refractivity contribution in [2.75, 3.05) is 7.11 Å². The quantitative estimate of drug-likeness (QED) is 0.904. The molecule has 0 spiro atoms. The summed E-state index contributed by atoms with van der Waals surface area (Å²) in [4.78, 5) is 11.0. The molecule has 1 aliphatic carbocycles. The molecule has 2 rings (SSSR count). The van der Waals surface area contributed by atoms with E-state index in [0.29, 0.717) is 11.5 Å². The van der Waals surface area contributed by atoms with Gasteiger partial charge < -0.3 is 14.6 Å². The molecule has 4 nitrogen and oxygen atoms in total. The highest BCUT2D eigenvalue weighted by molar-refractivity contribution is 5.88. The lowest BCUT2D eigenvalue weighted by molar-refractivity contribution is 0.0455. The number of rotatable bonds is 4. The number of aromatic carboxylic acids is 1. The fourth-order valence-corrected chi connectivity index (χ4v) is 2.56. The van der Waals surface area contributed by atoms with Crippen molar-refractivity contribution < 1.29 is 19.4 Å². The molecular formula is C15H20O4. The average Bonchev–Trinajstić information content (AvgIpc) is 2.39. The van der Waals surface area contributed by atoms with Gasteiger partial charge in [-0.1, -0.05) is 6.42 Å². The van der Waals surface area contributed by atoms with Gasteiger partial charge in [-0.15, -0.1) is 0 Å². The van der Waals surface area contributed by atoms with E-state index in [0.717, 1.165) is 25.7 Å². The van der Waals surface area contributed by atoms with Gasteiger partial charge in [0, 0.05) is 0 Å². The number of hydrogen-bond donors (Lipinski definition) is 1. The summed E-state index contributed by atoms with van der Waals surface area (Å²) in [5.41, 5.74) is -0.00180. The molecule has 0 radical (unpaired) electrons. The lowest BCUT2D eigenvalue weighted by atomic mass is 9.86. The maximum atomic E-state index is 11.0. The van der Waals surface area contributed by atoms with Gasteiger partial charge in [-0.3, -0.25) is 0 Å². The first-order chi connectivity index (χ1) is 9.04. The number of methoxy groups -OCH3 is 1. The normalized spacial score (nSPS) is 17.8. The minimum Gasteiger partial charge on any atom is -0.493 e. The summed E-state index contributed by atoms with van der Waals surface area (Å²) in [6, 6.07) is 4.71. The summed E-state index contributed by atoms with van der Waals surface area (Å²) >= 11 is 0. The maximum Gasteiger partial charge on any atom is 0.335 e. The van der Waals surface area contributed by atoms with Gasteiger partial charge in [0.15, 0.2) is 11.5 Å². The zero-order valence-corrected chi connectivity index (χ0v) is 11.4. The van der Waals surface area contributed by atoms with E-state index >= 15 is 0 Å². The molecule has 1 aromatic carbocycles. The number of carbonyl (C=O) groups is 1. The van der Waals surface area contributed by atoms with Crippen molar-refractivity contribution in [3.05, 3.63) is 23.8 Å². The Morgan fingerprint density at radius 3 is 2.47 bits per heavy atom. The monoisotopic (exact) mass is 264 g/mol. The highest BCUT2D eigenvalue weighted by Crippen LogP contribution is 2.37. The van der Waals surface area contributed by atoms with Crippen molar-refractivity contribution in [1.29, 1.82) is 0 Å². The molecule has 0 unspecified atom stereocenters. The molecule has 0 atom stereocenters. The number of hydrogen-bond acceptors (Lipinski definition) is 3. The van der Waals surface area contributed by atoms with Crippen LogP contribution in [0.25, 0.3) is 0 Å². The van der Waals surface area contributed by atoms with Gasteiger partial charge in [0.25, 0.3) is 0 Å². The van der Waals surface area contributed by atoms with Crippen LogP contribution in [0, 0.1) is 0 Å². The Bertz CT molecular complexity index is 461. The van der Waals surface area contributed by atoms with E-state index in [2.05, 4.69) is 6.92 Å². The summed E-state index contributed by atoms with van der Waals surface area (Å²) in [5.74, 6) is 0.143. The predicted molar refractivity (Wildman–Crippen MR) is 72.1 cm³/mol. The molecule has 1 N–H and O–H groups in total. The lowest BCUT2D eigenvalue weighted by Gasteiger charge is -2.34. The molecule has 0 amide bonds. The Labute approximate surface area is 113 Å². The zero-order valence-electron chi connectivity index (χ0n) is 11.4. The summed E-state index contributed by atoms with van der Waals surface area (Å²) in [7, 11) is 1.56. The Hall–Kier alpha value is -1.71. The van der Waals surface area contributed by atoms with Gasteiger partial charge in [-0.05, 0) is 50.8 Å². The van der Waals surface area contributed by atoms with E-state index < -0.39 is 5.97 Å². The molecule has 0 heterocycles. The molecule has 1 aliphatic rings. The zero-order chi connectivity index (χ0) is 13.9. The second kappa shape index (κ2) is 5.51. The molecule has 104 valence electrons. The third-order valence-electron chi connectivity index (χ3n) is 3.68. The number of benzene rings is 1. The van der Waals surface area contributed by atoms with Crippen molar-refractivity contribution in [3.8, 4) is 11.5 Å². The van der Waals surface area contributed by atoms with Crippen molar-refractivity contribution >= 4 is 5.97 Å². The fourth-order valence-electron chi connectivity index (χ4n) is 2.56. The number of carboxylic acids is 1. The Morgan fingerprint density at radius 2 is 1.89 bits per heavy atom. The van der Waals surface area contributed by atoms with Crippen molar-refractivity contribution in [2.24, 2.45) is 0 Å². The summed E-state index contributed by atoms with van der Waals surface area (Å²) in [6.45, 7) is 2.08. The smallest absolute Gasteiger partial charge is 0.335 e. The van der Waals surface area contributed by atoms with Gasteiger partial charge in [0.2, 0.25) is 0 Å². The molecule has 1 aromatic rings. The molecule has 0 aliphatic heterocycles. The van der Waals surface area contributed by atoms with E-state index in [4.69, 9.17) is 14.6 Å². The van der Waals surface area contributed by atoms with E-state index in [1.54, 1.807) is 19.2 Å². The van der Waals surface area contributed by atoms with Crippen LogP contribution < -0.4 is 9.47 Å². The van der Waals surface area contributed by atoms with Crippen molar-refractivity contribution in [2.45, 2.75) is 44.6 Å². The van der Waals surface area contributed by atoms with Crippen LogP contribution in [-0.4, -0.2) is 23.8 Å². The fraction of sp³-hybridized carbons (Fsp3) is 0.533. The van der Waals surface area contributed by atoms with E-state index in [-0.39, 0.29) is 11.2 Å². The second-order valence-corrected chi connectivity index (χ2v) is 5.28. The van der Waals surface area contributed by atoms with Gasteiger partial charge in [-0.2, -0.15) is 0 Å². The highest BCUT2D eigenvalue weighted by atomic mass is 16.5. The molecule has 0 bridgehead atoms. The minimum absolute atomic E-state index is 0.218. The topological polar surface area (TPSA) is 55.8 Å². The Balaban J connectivity index is 2.26. The molecule has 4 heteroatoms. The minimum atomic E-state index is -0.957. The Morgan fingerprint density at radius 1 is 1.21 bits per heavy atom. The van der Waals surface area contributed by atoms with Crippen LogP contribution in [0.15, 0.2) is 18.2 Å². The molecule has 19 heavy (non-hydrogen) atoms. The van der Waals surface area contributed by atoms with Crippen LogP contribution in [0.3, 0.4) is 0 Å². The van der Waals surface area contributed by atoms with E-state index in [9.17, 15) is 4.79 Å². The summed E-state index contributed by atoms with van der Waals surface area (Å²) in [6.07, 6.45) is 5.53. The first-order valence-electron chi connectivity index (χ1n) is 6.64. The van der Waals surface area contributed by atoms with Crippen LogP contribution in [0.1, 0.15) is 49.4 Å². The van der Waals surface area contributed by atoms with E-state index in [1.165, 1.54) is 12.5 Å². The highest BCUT2D eigenvalue weighted by Gasteiger charge is 2.30. The third-order valence-corrected chi connectivity index (χ3v) is 3.68. The predicted octanol–water partition coefficient (Wildman–Crippen LogP) is 3.50. The van der Waals surface area contributed by atoms with Crippen molar-refractivity contribution in [3.63, 3.8) is 0 Å². The van der Waals surface area contributed by atoms with E-state index in [1.807, 2.05) is 0 Å². The standard InChI is InChI=1S/C15H20O4/c1-15(8-4-3-5-9-15)19-13-10-11(14(16)17)6-7-12(13)18-2/h6-7,10H,3-5,8-9H2,1-2H3,(H,16,17). The van der Waals surface area contributed by atoms with Crippen LogP contribution in [0.5, 0.6) is 11.5 Å².